The van der Waals surface area contributed by atoms with E-state index in [0.717, 1.165) is 0 Å². The van der Waals surface area contributed by atoms with E-state index >= 15 is 0 Å². The highest BCUT2D eigenvalue weighted by atomic mass is 16.5. The number of nitrogens with zero attached hydrogens (tertiary/aromatic N) is 3. The highest BCUT2D eigenvalue weighted by Gasteiger charge is 2.22. The van der Waals surface area contributed by atoms with Gasteiger partial charge in [-0.1, -0.05) is 5.21 Å². The number of carbonyl (C=O) groups is 2. The molecule has 0 aliphatic carbocycles. The van der Waals surface area contributed by atoms with E-state index in [0.29, 0.717) is 0 Å². The van der Waals surface area contributed by atoms with Gasteiger partial charge >= 0.3 is 5.97 Å². The van der Waals surface area contributed by atoms with Crippen molar-refractivity contribution < 1.29 is 19.4 Å². The first-order chi connectivity index (χ1) is 7.58. The lowest BCUT2D eigenvalue weighted by atomic mass is 10.3. The molecule has 0 aliphatic heterocycles. The van der Waals surface area contributed by atoms with Crippen LogP contribution in [0.1, 0.15) is 10.5 Å². The van der Waals surface area contributed by atoms with E-state index in [2.05, 4.69) is 20.4 Å². The quantitative estimate of drug-likeness (QED) is 0.582. The summed E-state index contributed by atoms with van der Waals surface area (Å²) in [7, 11) is 2.77. The summed E-state index contributed by atoms with van der Waals surface area (Å²) in [6.45, 7) is -0.543. The van der Waals surface area contributed by atoms with Gasteiger partial charge in [0.2, 0.25) is 0 Å². The second-order valence-electron chi connectivity index (χ2n) is 3.01. The fourth-order valence-electron chi connectivity index (χ4n) is 1.00. The van der Waals surface area contributed by atoms with Gasteiger partial charge in [0, 0.05) is 7.05 Å². The first kappa shape index (κ1) is 12.1. The predicted octanol–water partition coefficient (Wildman–Crippen LogP) is -1.92. The first-order valence-corrected chi connectivity index (χ1v) is 4.44. The molecule has 0 saturated heterocycles. The Bertz CT molecular complexity index is 389. The molecule has 0 aromatic carbocycles. The number of carbonyl (C=O) groups excluding carboxylic acids is 2. The van der Waals surface area contributed by atoms with Crippen LogP contribution >= 0.6 is 0 Å². The number of rotatable bonds is 4. The molecular weight excluding hydrogens is 216 g/mol. The van der Waals surface area contributed by atoms with Crippen LogP contribution in [0, 0.1) is 0 Å². The maximum Gasteiger partial charge on any atom is 0.330 e. The monoisotopic (exact) mass is 228 g/mol. The normalized spacial score (nSPS) is 11.9. The lowest BCUT2D eigenvalue weighted by Gasteiger charge is -2.12. The summed E-state index contributed by atoms with van der Waals surface area (Å²) in [6, 6.07) is -1.10. The lowest BCUT2D eigenvalue weighted by Crippen LogP contribution is -2.44. The summed E-state index contributed by atoms with van der Waals surface area (Å²) in [5, 5.41) is 18.3. The van der Waals surface area contributed by atoms with E-state index < -0.39 is 24.5 Å². The van der Waals surface area contributed by atoms with E-state index in [1.807, 2.05) is 0 Å². The first-order valence-electron chi connectivity index (χ1n) is 4.44. The fourth-order valence-corrected chi connectivity index (χ4v) is 1.00. The van der Waals surface area contributed by atoms with Crippen molar-refractivity contribution in [1.29, 1.82) is 0 Å². The van der Waals surface area contributed by atoms with Crippen molar-refractivity contribution in [3.63, 3.8) is 0 Å². The number of aliphatic hydroxyl groups excluding tert-OH is 1. The molecule has 0 spiro atoms. The Morgan fingerprint density at radius 2 is 2.38 bits per heavy atom. The number of aliphatic hydroxyl groups is 1. The second kappa shape index (κ2) is 5.21. The van der Waals surface area contributed by atoms with E-state index in [4.69, 9.17) is 5.11 Å². The molecule has 1 aromatic rings. The Kier molecular flexibility index (Phi) is 3.95. The highest BCUT2D eigenvalue weighted by molar-refractivity contribution is 5.94. The molecule has 0 bridgehead atoms. The van der Waals surface area contributed by atoms with Crippen LogP contribution in [0.5, 0.6) is 0 Å². The summed E-state index contributed by atoms with van der Waals surface area (Å²) in [4.78, 5) is 22.6. The minimum absolute atomic E-state index is 0.0600. The van der Waals surface area contributed by atoms with Crippen LogP contribution in [0.3, 0.4) is 0 Å². The number of hydrogen-bond acceptors (Lipinski definition) is 6. The molecule has 1 amide bonds. The standard InChI is InChI=1S/C8H12N4O4/c1-12-3-5(10-11-12)7(14)9-6(4-13)8(15)16-2/h3,6,13H,4H2,1-2H3,(H,9,14). The van der Waals surface area contributed by atoms with E-state index in [-0.39, 0.29) is 5.69 Å². The van der Waals surface area contributed by atoms with Crippen LogP contribution in [0.2, 0.25) is 0 Å². The number of esters is 1. The number of amides is 1. The van der Waals surface area contributed by atoms with Gasteiger partial charge in [-0.15, -0.1) is 5.10 Å². The summed E-state index contributed by atoms with van der Waals surface area (Å²) >= 11 is 0. The van der Waals surface area contributed by atoms with Crippen molar-refractivity contribution in [3.8, 4) is 0 Å². The van der Waals surface area contributed by atoms with Crippen molar-refractivity contribution in [2.75, 3.05) is 13.7 Å². The molecule has 8 heteroatoms. The van der Waals surface area contributed by atoms with Gasteiger partial charge in [-0.3, -0.25) is 9.48 Å². The number of hydrogen-bond donors (Lipinski definition) is 2. The lowest BCUT2D eigenvalue weighted by molar-refractivity contribution is -0.143. The van der Waals surface area contributed by atoms with Gasteiger partial charge in [0.1, 0.15) is 0 Å². The van der Waals surface area contributed by atoms with Crippen LogP contribution in [0.25, 0.3) is 0 Å². The van der Waals surface area contributed by atoms with Crippen LogP contribution in [-0.2, 0) is 16.6 Å². The van der Waals surface area contributed by atoms with Crippen molar-refractivity contribution in [2.45, 2.75) is 6.04 Å². The zero-order chi connectivity index (χ0) is 12.1. The molecule has 8 nitrogen and oxygen atoms in total. The van der Waals surface area contributed by atoms with Gasteiger partial charge in [-0.05, 0) is 0 Å². The van der Waals surface area contributed by atoms with Crippen molar-refractivity contribution in [3.05, 3.63) is 11.9 Å². The van der Waals surface area contributed by atoms with E-state index in [1.165, 1.54) is 18.0 Å². The molecule has 1 rings (SSSR count). The molecule has 16 heavy (non-hydrogen) atoms. The zero-order valence-electron chi connectivity index (χ0n) is 8.88. The molecule has 1 unspecified atom stereocenters. The summed E-state index contributed by atoms with van der Waals surface area (Å²) in [5.74, 6) is -1.32. The topological polar surface area (TPSA) is 106 Å². The van der Waals surface area contributed by atoms with Crippen LogP contribution < -0.4 is 5.32 Å². The van der Waals surface area contributed by atoms with E-state index in [1.54, 1.807) is 7.05 Å². The zero-order valence-corrected chi connectivity index (χ0v) is 8.88. The van der Waals surface area contributed by atoms with Gasteiger partial charge < -0.3 is 15.2 Å². The predicted molar refractivity (Wildman–Crippen MR) is 51.4 cm³/mol. The summed E-state index contributed by atoms with van der Waals surface area (Å²) in [6.07, 6.45) is 1.39. The maximum atomic E-state index is 11.5. The fraction of sp³-hybridized carbons (Fsp3) is 0.500. The number of methoxy groups -OCH3 is 1. The minimum Gasteiger partial charge on any atom is -0.467 e. The number of aryl methyl sites for hydroxylation is 1. The average molecular weight is 228 g/mol. The third-order valence-corrected chi connectivity index (χ3v) is 1.81. The van der Waals surface area contributed by atoms with Gasteiger partial charge in [0.25, 0.3) is 5.91 Å². The van der Waals surface area contributed by atoms with Crippen molar-refractivity contribution >= 4 is 11.9 Å². The number of ether oxygens (including phenoxy) is 1. The highest BCUT2D eigenvalue weighted by Crippen LogP contribution is 1.94. The van der Waals surface area contributed by atoms with Crippen LogP contribution in [-0.4, -0.2) is 51.7 Å². The molecular formula is C8H12N4O4. The molecule has 2 N–H and O–H groups in total. The van der Waals surface area contributed by atoms with Gasteiger partial charge in [-0.25, -0.2) is 4.79 Å². The third kappa shape index (κ3) is 2.76. The average Bonchev–Trinajstić information content (AvgIpc) is 2.71. The molecule has 0 saturated carbocycles. The molecule has 0 fully saturated rings. The maximum absolute atomic E-state index is 11.5. The van der Waals surface area contributed by atoms with Crippen molar-refractivity contribution in [2.24, 2.45) is 7.05 Å². The van der Waals surface area contributed by atoms with Gasteiger partial charge in [0.15, 0.2) is 11.7 Å². The molecule has 1 atom stereocenters. The number of aromatic nitrogens is 3. The Labute approximate surface area is 91.2 Å². The summed E-state index contributed by atoms with van der Waals surface area (Å²) < 4.78 is 5.74. The molecule has 1 heterocycles. The largest absolute Gasteiger partial charge is 0.467 e. The molecule has 0 radical (unpaired) electrons. The molecule has 0 aliphatic rings. The smallest absolute Gasteiger partial charge is 0.330 e. The van der Waals surface area contributed by atoms with Gasteiger partial charge in [0.05, 0.1) is 19.9 Å². The van der Waals surface area contributed by atoms with Crippen LogP contribution in [0.4, 0.5) is 0 Å². The Balaban J connectivity index is 2.66. The Morgan fingerprint density at radius 3 is 2.81 bits per heavy atom. The minimum atomic E-state index is -1.10. The van der Waals surface area contributed by atoms with E-state index in [9.17, 15) is 9.59 Å². The van der Waals surface area contributed by atoms with Crippen molar-refractivity contribution in [1.82, 2.24) is 20.3 Å². The third-order valence-electron chi connectivity index (χ3n) is 1.81. The second-order valence-corrected chi connectivity index (χ2v) is 3.01. The Hall–Kier alpha value is -1.96. The summed E-state index contributed by atoms with van der Waals surface area (Å²) in [5.41, 5.74) is 0.0600. The van der Waals surface area contributed by atoms with Gasteiger partial charge in [-0.2, -0.15) is 0 Å². The van der Waals surface area contributed by atoms with Crippen LogP contribution in [0.15, 0.2) is 6.20 Å². The molecule has 1 aromatic heterocycles. The Morgan fingerprint density at radius 1 is 1.69 bits per heavy atom. The number of nitrogens with one attached hydrogen (secondary N) is 1. The molecule has 88 valence electrons. The SMILES string of the molecule is COC(=O)C(CO)NC(=O)c1cn(C)nn1.